The Morgan fingerprint density at radius 1 is 0.963 bits per heavy atom. The summed E-state index contributed by atoms with van der Waals surface area (Å²) in [4.78, 5) is 20.7. The van der Waals surface area contributed by atoms with E-state index in [1.807, 2.05) is 25.3 Å². The number of aromatic hydroxyl groups is 1. The van der Waals surface area contributed by atoms with E-state index in [1.165, 1.54) is 18.4 Å². The third kappa shape index (κ3) is 10.2. The normalized spacial score (nSPS) is 37.7. The van der Waals surface area contributed by atoms with Gasteiger partial charge in [-0.25, -0.2) is 0 Å². The molecule has 80 heavy (non-hydrogen) atoms. The molecule has 13 heteroatoms. The van der Waals surface area contributed by atoms with Crippen LogP contribution in [0.4, 0.5) is 5.69 Å². The number of aliphatic imine (C=N–C) groups is 1. The second kappa shape index (κ2) is 23.8. The van der Waals surface area contributed by atoms with Gasteiger partial charge in [-0.05, 0) is 210 Å². The van der Waals surface area contributed by atoms with E-state index < -0.39 is 22.7 Å². The van der Waals surface area contributed by atoms with Gasteiger partial charge in [-0.3, -0.25) is 15.1 Å². The summed E-state index contributed by atoms with van der Waals surface area (Å²) in [6.45, 7) is 3.39. The number of nitrogens with one attached hydrogen (secondary N) is 3. The summed E-state index contributed by atoms with van der Waals surface area (Å²) < 4.78 is 26.7. The number of allylic oxidation sites excluding steroid dienone is 2. The number of anilines is 1. The first kappa shape index (κ1) is 57.1. The average Bonchev–Trinajstić information content (AvgIpc) is 4.21. The van der Waals surface area contributed by atoms with E-state index in [1.54, 1.807) is 20.2 Å². The molecular weight excluding hydrogens is 1000 g/mol. The van der Waals surface area contributed by atoms with Crippen LogP contribution in [0.25, 0.3) is 0 Å². The first-order chi connectivity index (χ1) is 38.9. The molecule has 9 aliphatic rings. The minimum Gasteiger partial charge on any atom is -0.504 e. The first-order valence-corrected chi connectivity index (χ1v) is 31.2. The van der Waals surface area contributed by atoms with Crippen molar-refractivity contribution in [2.24, 2.45) is 74.5 Å². The predicted octanol–water partition coefficient (Wildman–Crippen LogP) is 10.6. The molecule has 15 atom stereocenters. The number of carbonyl (C=O) groups is 1. The lowest BCUT2D eigenvalue weighted by atomic mass is 9.45. The second-order valence-electron chi connectivity index (χ2n) is 26.4. The number of fused-ring (bicyclic) bond motifs is 8. The number of aliphatic hydroxyl groups excluding tert-OH is 3. The summed E-state index contributed by atoms with van der Waals surface area (Å²) in [6, 6.07) is 13.4. The molecule has 434 valence electrons. The van der Waals surface area contributed by atoms with Gasteiger partial charge in [-0.2, -0.15) is 0 Å². The second-order valence-corrected chi connectivity index (χ2v) is 26.4. The van der Waals surface area contributed by atoms with Crippen LogP contribution in [-0.4, -0.2) is 91.6 Å². The van der Waals surface area contributed by atoms with Crippen LogP contribution in [0.1, 0.15) is 166 Å². The van der Waals surface area contributed by atoms with E-state index in [-0.39, 0.29) is 59.2 Å². The molecule has 0 aromatic heterocycles. The van der Waals surface area contributed by atoms with Crippen LogP contribution in [-0.2, 0) is 21.4 Å². The Hall–Kier alpha value is -4.76. The van der Waals surface area contributed by atoms with Gasteiger partial charge >= 0.3 is 0 Å². The van der Waals surface area contributed by atoms with Gasteiger partial charge in [0.25, 0.3) is 0 Å². The number of benzene rings is 2. The van der Waals surface area contributed by atoms with Gasteiger partial charge in [0, 0.05) is 61.9 Å². The quantitative estimate of drug-likeness (QED) is 0.0510. The van der Waals surface area contributed by atoms with E-state index >= 15 is 4.79 Å². The molecule has 0 radical (unpaired) electrons. The van der Waals surface area contributed by atoms with Crippen molar-refractivity contribution in [1.29, 1.82) is 0 Å². The number of carbonyl (C=O) groups excluding carboxylic acids is 1. The maximum atomic E-state index is 15.9. The van der Waals surface area contributed by atoms with Crippen molar-refractivity contribution >= 4 is 17.4 Å². The smallest absolute Gasteiger partial charge is 0.207 e. The third-order valence-electron chi connectivity index (χ3n) is 22.8. The Morgan fingerprint density at radius 3 is 2.62 bits per heavy atom. The molecule has 7 aliphatic carbocycles. The standard InChI is InChI=1S/C67H92N4O9/c1-5-44-18-20-49-50(16-11-31-72)52-17-9-27-67(52)48-37-54(71-62(69-3)70-30-10-15-46-14-8-26-66(46,59(75)23-21-53(67)51(49)35-44)39-45-19-22-55(74)56(36-45)77-4)61-57(38-48)80-64(43-68-2)40-58-63(42-64,41-60(76)78-33-12-32-73)28-24-47-13-6-7-25-65(47,58)29-34-79-61/h19,21-23,36-38,44,46-47,49-53,58,60,68,72-74,76H,5-9,11-18,20,24-28,31-33,35,39-43H2,1-4H3,(H2,69,70,71). The van der Waals surface area contributed by atoms with Gasteiger partial charge in [0.05, 0.1) is 19.4 Å². The van der Waals surface area contributed by atoms with Gasteiger partial charge < -0.3 is 50.0 Å². The predicted molar refractivity (Wildman–Crippen MR) is 311 cm³/mol. The van der Waals surface area contributed by atoms with Crippen LogP contribution in [0.3, 0.4) is 0 Å². The molecular formula is C67H92N4O9. The average molecular weight is 1100 g/mol. The Kier molecular flexibility index (Phi) is 17.0. The monoisotopic (exact) mass is 1100 g/mol. The van der Waals surface area contributed by atoms with E-state index in [9.17, 15) is 20.4 Å². The molecule has 2 spiro atoms. The Labute approximate surface area is 476 Å². The largest absolute Gasteiger partial charge is 0.504 e. The molecule has 2 aromatic carbocycles. The Morgan fingerprint density at radius 2 is 1.81 bits per heavy atom. The fourth-order valence-electron chi connectivity index (χ4n) is 19.6. The number of methoxy groups -OCH3 is 1. The number of hydrogen-bond acceptors (Lipinski definition) is 11. The van der Waals surface area contributed by atoms with Crippen molar-refractivity contribution in [1.82, 2.24) is 10.6 Å². The highest BCUT2D eigenvalue weighted by Gasteiger charge is 2.67. The Bertz CT molecular complexity index is 2760. The number of phenols is 1. The van der Waals surface area contributed by atoms with Crippen molar-refractivity contribution in [3.63, 3.8) is 0 Å². The number of phenolic OH excluding ortho intramolecular Hbond substituents is 1. The third-order valence-corrected chi connectivity index (χ3v) is 22.8. The van der Waals surface area contributed by atoms with Gasteiger partial charge in [-0.15, -0.1) is 0 Å². The molecule has 7 fully saturated rings. The van der Waals surface area contributed by atoms with Gasteiger partial charge in [0.1, 0.15) is 11.7 Å². The molecule has 2 aliphatic heterocycles. The maximum absolute atomic E-state index is 15.9. The van der Waals surface area contributed by atoms with Gasteiger partial charge in [0.2, 0.25) is 11.7 Å². The molecule has 2 aromatic rings. The number of ketones is 1. The lowest BCUT2D eigenvalue weighted by Crippen LogP contribution is -2.55. The first-order valence-electron chi connectivity index (χ1n) is 31.2. The van der Waals surface area contributed by atoms with Crippen LogP contribution in [0.5, 0.6) is 23.0 Å². The number of nitrogens with zero attached hydrogens (tertiary/aromatic N) is 1. The highest BCUT2D eigenvalue weighted by atomic mass is 16.6. The summed E-state index contributed by atoms with van der Waals surface area (Å²) >= 11 is 0. The maximum Gasteiger partial charge on any atom is 0.207 e. The Balaban J connectivity index is 1.11. The topological polar surface area (TPSA) is 183 Å². The summed E-state index contributed by atoms with van der Waals surface area (Å²) in [5.74, 6) is 12.2. The molecule has 4 bridgehead atoms. The van der Waals surface area contributed by atoms with Crippen molar-refractivity contribution in [2.75, 3.05) is 52.9 Å². The fourth-order valence-corrected chi connectivity index (χ4v) is 19.6. The lowest BCUT2D eigenvalue weighted by Gasteiger charge is -2.59. The highest BCUT2D eigenvalue weighted by molar-refractivity contribution is 5.97. The van der Waals surface area contributed by atoms with E-state index in [0.29, 0.717) is 104 Å². The summed E-state index contributed by atoms with van der Waals surface area (Å²) in [5.41, 5.74) is 0.355. The van der Waals surface area contributed by atoms with Crippen LogP contribution < -0.4 is 30.2 Å². The van der Waals surface area contributed by atoms with Crippen molar-refractivity contribution in [2.45, 2.75) is 178 Å². The fraction of sp³-hybridized carbons (Fsp3) is 0.701. The molecule has 0 amide bonds. The zero-order valence-corrected chi connectivity index (χ0v) is 48.4. The van der Waals surface area contributed by atoms with Crippen LogP contribution in [0.2, 0.25) is 0 Å². The summed E-state index contributed by atoms with van der Waals surface area (Å²) in [6.07, 6.45) is 28.5. The van der Waals surface area contributed by atoms with Crippen molar-refractivity contribution in [3.05, 3.63) is 53.6 Å². The van der Waals surface area contributed by atoms with Crippen LogP contribution in [0, 0.1) is 93.5 Å². The number of rotatable bonds is 15. The molecule has 11 rings (SSSR count). The van der Waals surface area contributed by atoms with E-state index in [0.717, 1.165) is 115 Å². The highest BCUT2D eigenvalue weighted by Crippen LogP contribution is 2.71. The number of aliphatic hydroxyl groups is 3. The SMILES string of the molecule is CCC1CCC2C(C1)C1C=CC(=O)C3(Cc4ccc(O)c(OC)c4)CCCC3CC#CNC(=NC)Nc3cc(cc4c3OC#CC35CCCCC3CCC3(CC(O)OCCCO)CC(CNC)(CC35)O4)C13CCCC3C2CCCO. The number of guanidine groups is 1. The molecule has 0 saturated heterocycles. The van der Waals surface area contributed by atoms with E-state index in [2.05, 4.69) is 65.1 Å². The summed E-state index contributed by atoms with van der Waals surface area (Å²) in [7, 11) is 5.35. The molecule has 7 saturated carbocycles. The van der Waals surface area contributed by atoms with E-state index in [4.69, 9.17) is 23.9 Å². The lowest BCUT2D eigenvalue weighted by molar-refractivity contribution is -0.150. The minimum absolute atomic E-state index is 0.000452. The molecule has 7 N–H and O–H groups in total. The number of hydrogen-bond donors (Lipinski definition) is 7. The zero-order chi connectivity index (χ0) is 55.7. The van der Waals surface area contributed by atoms with Gasteiger partial charge in [-0.1, -0.05) is 69.4 Å². The van der Waals surface area contributed by atoms with Crippen molar-refractivity contribution in [3.8, 4) is 47.0 Å². The van der Waals surface area contributed by atoms with Crippen LogP contribution >= 0.6 is 0 Å². The van der Waals surface area contributed by atoms with Crippen molar-refractivity contribution < 1.29 is 44.2 Å². The minimum atomic E-state index is -0.986. The number of likely N-dealkylation sites (N-methyl/N-ethyl adjacent to an activating group) is 1. The zero-order valence-electron chi connectivity index (χ0n) is 48.4. The number of ether oxygens (including phenoxy) is 4. The molecule has 13 nitrogen and oxygen atoms in total. The molecule has 15 unspecified atom stereocenters. The summed E-state index contributed by atoms with van der Waals surface area (Å²) in [5, 5.41) is 53.4. The van der Waals surface area contributed by atoms with Gasteiger partial charge in [0.15, 0.2) is 29.3 Å². The van der Waals surface area contributed by atoms with Crippen LogP contribution in [0.15, 0.2) is 47.5 Å². The molecule has 2 heterocycles.